The predicted molar refractivity (Wildman–Crippen MR) is 49.3 cm³/mol. The maximum atomic E-state index is 11.3. The minimum atomic E-state index is -3.35. The van der Waals surface area contributed by atoms with Gasteiger partial charge in [-0.05, 0) is 12.3 Å². The van der Waals surface area contributed by atoms with Crippen LogP contribution in [-0.4, -0.2) is 44.1 Å². The van der Waals surface area contributed by atoms with Crippen molar-refractivity contribution in [3.8, 4) is 0 Å². The number of hydrogen-bond acceptors (Lipinski definition) is 3. The highest BCUT2D eigenvalue weighted by atomic mass is 32.2. The van der Waals surface area contributed by atoms with Gasteiger partial charge in [0.15, 0.2) is 0 Å². The van der Waals surface area contributed by atoms with E-state index in [4.69, 9.17) is 0 Å². The van der Waals surface area contributed by atoms with E-state index < -0.39 is 16.3 Å². The van der Waals surface area contributed by atoms with Gasteiger partial charge in [-0.2, -0.15) is 12.7 Å². The van der Waals surface area contributed by atoms with Gasteiger partial charge >= 0.3 is 0 Å². The zero-order valence-corrected chi connectivity index (χ0v) is 8.71. The molecule has 1 saturated heterocycles. The Morgan fingerprint density at radius 3 is 2.62 bits per heavy atom. The maximum Gasteiger partial charge on any atom is 0.279 e. The smallest absolute Gasteiger partial charge is 0.279 e. The van der Waals surface area contributed by atoms with Crippen molar-refractivity contribution in [3.63, 3.8) is 0 Å². The lowest BCUT2D eigenvalue weighted by Gasteiger charge is -2.32. The summed E-state index contributed by atoms with van der Waals surface area (Å²) in [6.45, 7) is 2.61. The molecule has 0 radical (unpaired) electrons. The van der Waals surface area contributed by atoms with E-state index in [2.05, 4.69) is 4.72 Å². The second-order valence-electron chi connectivity index (χ2n) is 3.40. The van der Waals surface area contributed by atoms with Crippen LogP contribution in [0.5, 0.6) is 0 Å². The standard InChI is InChI=1S/C7H16N2O3S/c1-6-3-4-9(5-7(6)10)13(11,12)8-2/h6-8,10H,3-5H2,1-2H3. The SMILES string of the molecule is CNS(=O)(=O)N1CCC(C)C(O)C1. The first-order valence-electron chi connectivity index (χ1n) is 4.34. The molecule has 0 saturated carbocycles. The fourth-order valence-corrected chi connectivity index (χ4v) is 2.32. The van der Waals surface area contributed by atoms with Gasteiger partial charge in [0.25, 0.3) is 10.2 Å². The normalized spacial score (nSPS) is 31.9. The van der Waals surface area contributed by atoms with Crippen molar-refractivity contribution in [3.05, 3.63) is 0 Å². The minimum Gasteiger partial charge on any atom is -0.391 e. The summed E-state index contributed by atoms with van der Waals surface area (Å²) >= 11 is 0. The van der Waals surface area contributed by atoms with Crippen LogP contribution in [0.2, 0.25) is 0 Å². The van der Waals surface area contributed by atoms with E-state index in [0.717, 1.165) is 0 Å². The van der Waals surface area contributed by atoms with Crippen molar-refractivity contribution in [1.82, 2.24) is 9.03 Å². The summed E-state index contributed by atoms with van der Waals surface area (Å²) in [5, 5.41) is 9.47. The Hall–Kier alpha value is -0.170. The summed E-state index contributed by atoms with van der Waals surface area (Å²) in [7, 11) is -1.98. The van der Waals surface area contributed by atoms with Gasteiger partial charge in [-0.1, -0.05) is 6.92 Å². The number of aliphatic hydroxyl groups is 1. The van der Waals surface area contributed by atoms with Crippen molar-refractivity contribution in [2.75, 3.05) is 20.1 Å². The molecule has 1 aliphatic rings. The van der Waals surface area contributed by atoms with E-state index in [1.165, 1.54) is 11.4 Å². The average molecular weight is 208 g/mol. The molecule has 1 heterocycles. The molecule has 0 amide bonds. The van der Waals surface area contributed by atoms with Crippen LogP contribution in [0.1, 0.15) is 13.3 Å². The molecule has 0 bridgehead atoms. The van der Waals surface area contributed by atoms with Crippen molar-refractivity contribution in [2.24, 2.45) is 5.92 Å². The van der Waals surface area contributed by atoms with Crippen molar-refractivity contribution in [2.45, 2.75) is 19.4 Å². The van der Waals surface area contributed by atoms with Gasteiger partial charge in [0.05, 0.1) is 6.10 Å². The quantitative estimate of drug-likeness (QED) is 0.621. The Morgan fingerprint density at radius 1 is 1.54 bits per heavy atom. The lowest BCUT2D eigenvalue weighted by Crippen LogP contribution is -2.49. The fraction of sp³-hybridized carbons (Fsp3) is 1.00. The van der Waals surface area contributed by atoms with E-state index in [1.807, 2.05) is 6.92 Å². The van der Waals surface area contributed by atoms with Crippen LogP contribution in [0.15, 0.2) is 0 Å². The third-order valence-electron chi connectivity index (χ3n) is 2.48. The summed E-state index contributed by atoms with van der Waals surface area (Å²) in [5.41, 5.74) is 0. The van der Waals surface area contributed by atoms with E-state index in [1.54, 1.807) is 0 Å². The molecule has 6 heteroatoms. The van der Waals surface area contributed by atoms with Gasteiger partial charge in [0.2, 0.25) is 0 Å². The molecule has 0 aliphatic carbocycles. The van der Waals surface area contributed by atoms with Crippen LogP contribution in [0.3, 0.4) is 0 Å². The summed E-state index contributed by atoms with van der Waals surface area (Å²) in [6.07, 6.45) is 0.166. The molecule has 2 unspecified atom stereocenters. The molecular weight excluding hydrogens is 192 g/mol. The Labute approximate surface area is 78.9 Å². The summed E-state index contributed by atoms with van der Waals surface area (Å²) in [4.78, 5) is 0. The summed E-state index contributed by atoms with van der Waals surface area (Å²) in [6, 6.07) is 0. The molecule has 13 heavy (non-hydrogen) atoms. The monoisotopic (exact) mass is 208 g/mol. The summed E-state index contributed by atoms with van der Waals surface area (Å²) < 4.78 is 26.1. The van der Waals surface area contributed by atoms with Crippen LogP contribution < -0.4 is 4.72 Å². The molecule has 1 rings (SSSR count). The molecule has 2 N–H and O–H groups in total. The topological polar surface area (TPSA) is 69.6 Å². The first-order chi connectivity index (χ1) is 5.97. The Balaban J connectivity index is 2.66. The molecule has 0 aromatic rings. The first-order valence-corrected chi connectivity index (χ1v) is 5.78. The van der Waals surface area contributed by atoms with Gasteiger partial charge in [0, 0.05) is 20.1 Å². The number of aliphatic hydroxyl groups excluding tert-OH is 1. The van der Waals surface area contributed by atoms with Crippen molar-refractivity contribution < 1.29 is 13.5 Å². The zero-order valence-electron chi connectivity index (χ0n) is 7.90. The van der Waals surface area contributed by atoms with Gasteiger partial charge in [-0.15, -0.1) is 0 Å². The van der Waals surface area contributed by atoms with Gasteiger partial charge in [-0.3, -0.25) is 0 Å². The minimum absolute atomic E-state index is 0.184. The van der Waals surface area contributed by atoms with Crippen molar-refractivity contribution in [1.29, 1.82) is 0 Å². The highest BCUT2D eigenvalue weighted by molar-refractivity contribution is 7.87. The maximum absolute atomic E-state index is 11.3. The van der Waals surface area contributed by atoms with E-state index in [-0.39, 0.29) is 12.5 Å². The molecule has 78 valence electrons. The molecule has 0 aromatic heterocycles. The zero-order chi connectivity index (χ0) is 10.1. The second kappa shape index (κ2) is 3.91. The molecule has 1 aliphatic heterocycles. The van der Waals surface area contributed by atoms with Gasteiger partial charge in [0.1, 0.15) is 0 Å². The first kappa shape index (κ1) is 10.9. The van der Waals surface area contributed by atoms with Crippen molar-refractivity contribution >= 4 is 10.2 Å². The van der Waals surface area contributed by atoms with Crippen LogP contribution in [0.25, 0.3) is 0 Å². The fourth-order valence-electron chi connectivity index (χ4n) is 1.37. The molecule has 0 spiro atoms. The number of rotatable bonds is 2. The third kappa shape index (κ3) is 2.40. The van der Waals surface area contributed by atoms with Crippen LogP contribution in [0, 0.1) is 5.92 Å². The highest BCUT2D eigenvalue weighted by Crippen LogP contribution is 2.18. The van der Waals surface area contributed by atoms with E-state index >= 15 is 0 Å². The largest absolute Gasteiger partial charge is 0.391 e. The third-order valence-corrected chi connectivity index (χ3v) is 4.01. The number of piperidine rings is 1. The van der Waals surface area contributed by atoms with Gasteiger partial charge in [-0.25, -0.2) is 4.72 Å². The number of nitrogens with zero attached hydrogens (tertiary/aromatic N) is 1. The molecule has 5 nitrogen and oxygen atoms in total. The second-order valence-corrected chi connectivity index (χ2v) is 5.28. The number of β-amino-alcohol motifs (C(OH)–C–C–N with tert-alkyl or cyclic N) is 1. The number of hydrogen-bond donors (Lipinski definition) is 2. The Morgan fingerprint density at radius 2 is 2.15 bits per heavy atom. The summed E-state index contributed by atoms with van der Waals surface area (Å²) in [5.74, 6) is 0.184. The highest BCUT2D eigenvalue weighted by Gasteiger charge is 2.30. The van der Waals surface area contributed by atoms with Crippen LogP contribution in [0.4, 0.5) is 0 Å². The lowest BCUT2D eigenvalue weighted by atomic mass is 9.98. The Kier molecular flexibility index (Phi) is 3.28. The van der Waals surface area contributed by atoms with Gasteiger partial charge < -0.3 is 5.11 Å². The van der Waals surface area contributed by atoms with E-state index in [9.17, 15) is 13.5 Å². The molecule has 0 aromatic carbocycles. The molecule has 1 fully saturated rings. The average Bonchev–Trinajstić information content (AvgIpc) is 2.09. The van der Waals surface area contributed by atoms with Crippen LogP contribution in [-0.2, 0) is 10.2 Å². The molecule has 2 atom stereocenters. The number of nitrogens with one attached hydrogen (secondary N) is 1. The predicted octanol–water partition coefficient (Wildman–Crippen LogP) is -0.847. The lowest BCUT2D eigenvalue weighted by molar-refractivity contribution is 0.0601. The molecular formula is C7H16N2O3S. The van der Waals surface area contributed by atoms with Crippen LogP contribution >= 0.6 is 0 Å². The Bertz CT molecular complexity index is 265. The van der Waals surface area contributed by atoms with E-state index in [0.29, 0.717) is 13.0 Å².